The zero-order valence-electron chi connectivity index (χ0n) is 13.6. The second-order valence-electron chi connectivity index (χ2n) is 5.72. The fourth-order valence-corrected chi connectivity index (χ4v) is 2.74. The number of halogens is 1. The molecule has 0 aliphatic rings. The number of rotatable bonds is 4. The quantitative estimate of drug-likeness (QED) is 0.719. The highest BCUT2D eigenvalue weighted by Gasteiger charge is 2.13. The average Bonchev–Trinajstić information content (AvgIpc) is 2.98. The first-order valence-electron chi connectivity index (χ1n) is 7.67. The van der Waals surface area contributed by atoms with Gasteiger partial charge in [0.1, 0.15) is 11.7 Å². The van der Waals surface area contributed by atoms with E-state index in [1.165, 1.54) is 11.1 Å². The topological polar surface area (TPSA) is 46.9 Å². The lowest BCUT2D eigenvalue weighted by molar-refractivity contribution is -0.114. The third-order valence-electron chi connectivity index (χ3n) is 3.62. The minimum absolute atomic E-state index is 0.0984. The molecule has 4 nitrogen and oxygen atoms in total. The zero-order valence-corrected chi connectivity index (χ0v) is 14.3. The van der Waals surface area contributed by atoms with E-state index in [-0.39, 0.29) is 11.8 Å². The second-order valence-corrected chi connectivity index (χ2v) is 5.99. The monoisotopic (exact) mass is 339 g/mol. The Morgan fingerprint density at radius 1 is 1.08 bits per heavy atom. The Hall–Kier alpha value is -2.59. The number of nitrogens with zero attached hydrogens (tertiary/aromatic N) is 2. The predicted molar refractivity (Wildman–Crippen MR) is 97.8 cm³/mol. The molecule has 3 rings (SSSR count). The molecule has 0 unspecified atom stereocenters. The van der Waals surface area contributed by atoms with Gasteiger partial charge in [-0.1, -0.05) is 35.4 Å². The molecule has 0 atom stereocenters. The summed E-state index contributed by atoms with van der Waals surface area (Å²) in [5.74, 6) is 0.237. The van der Waals surface area contributed by atoms with Crippen molar-refractivity contribution in [3.63, 3.8) is 0 Å². The fraction of sp³-hybridized carbons (Fsp3) is 0.158. The van der Waals surface area contributed by atoms with Crippen LogP contribution in [0.3, 0.4) is 0 Å². The van der Waals surface area contributed by atoms with Crippen molar-refractivity contribution in [2.24, 2.45) is 0 Å². The third kappa shape index (κ3) is 3.49. The normalized spacial score (nSPS) is 10.6. The second kappa shape index (κ2) is 6.89. The number of hydrogen-bond donors (Lipinski definition) is 1. The van der Waals surface area contributed by atoms with Gasteiger partial charge >= 0.3 is 0 Å². The van der Waals surface area contributed by atoms with Crippen molar-refractivity contribution in [2.45, 2.75) is 13.8 Å². The molecule has 0 saturated heterocycles. The summed E-state index contributed by atoms with van der Waals surface area (Å²) < 4.78 is 1.72. The van der Waals surface area contributed by atoms with Crippen LogP contribution in [0, 0.1) is 13.8 Å². The number of aryl methyl sites for hydroxylation is 2. The van der Waals surface area contributed by atoms with Gasteiger partial charge in [0.2, 0.25) is 5.91 Å². The van der Waals surface area contributed by atoms with Gasteiger partial charge in [0.15, 0.2) is 0 Å². The van der Waals surface area contributed by atoms with E-state index >= 15 is 0 Å². The van der Waals surface area contributed by atoms with Crippen LogP contribution in [-0.2, 0) is 4.79 Å². The number of nitrogens with one attached hydrogen (secondary N) is 1. The number of carbonyl (C=O) groups is 1. The molecule has 5 heteroatoms. The van der Waals surface area contributed by atoms with Crippen molar-refractivity contribution in [3.8, 4) is 16.9 Å². The molecule has 122 valence electrons. The van der Waals surface area contributed by atoms with Crippen molar-refractivity contribution >= 4 is 23.3 Å². The Labute approximate surface area is 146 Å². The molecule has 0 bridgehead atoms. The summed E-state index contributed by atoms with van der Waals surface area (Å²) in [5, 5.41) is 7.49. The molecule has 1 N–H and O–H groups in total. The molecule has 0 saturated carbocycles. The smallest absolute Gasteiger partial charge is 0.240 e. The lowest BCUT2D eigenvalue weighted by atomic mass is 10.1. The van der Waals surface area contributed by atoms with E-state index in [0.717, 1.165) is 16.9 Å². The summed E-state index contributed by atoms with van der Waals surface area (Å²) in [4.78, 5) is 11.7. The molecule has 0 spiro atoms. The average molecular weight is 340 g/mol. The maximum Gasteiger partial charge on any atom is 0.240 e. The molecule has 0 aliphatic carbocycles. The van der Waals surface area contributed by atoms with Crippen molar-refractivity contribution in [2.75, 3.05) is 11.2 Å². The highest BCUT2D eigenvalue weighted by atomic mass is 35.5. The van der Waals surface area contributed by atoms with Crippen molar-refractivity contribution in [1.82, 2.24) is 9.78 Å². The summed E-state index contributed by atoms with van der Waals surface area (Å²) >= 11 is 5.62. The summed E-state index contributed by atoms with van der Waals surface area (Å²) in [6.07, 6.45) is 0. The minimum atomic E-state index is -0.263. The lowest BCUT2D eigenvalue weighted by Crippen LogP contribution is -2.15. The van der Waals surface area contributed by atoms with Crippen LogP contribution in [0.5, 0.6) is 0 Å². The Kier molecular flexibility index (Phi) is 4.67. The summed E-state index contributed by atoms with van der Waals surface area (Å²) in [6.45, 7) is 4.11. The van der Waals surface area contributed by atoms with E-state index in [2.05, 4.69) is 42.5 Å². The van der Waals surface area contributed by atoms with E-state index < -0.39 is 0 Å². The van der Waals surface area contributed by atoms with Crippen molar-refractivity contribution < 1.29 is 4.79 Å². The van der Waals surface area contributed by atoms with Crippen LogP contribution in [0.25, 0.3) is 16.9 Å². The standard InChI is InChI=1S/C19H18ClN3O/c1-13-8-14(2)10-15(9-13)17-11-18(21-19(24)12-20)23(22-17)16-6-4-3-5-7-16/h3-11H,12H2,1-2H3,(H,21,24). The molecule has 0 aliphatic heterocycles. The number of carbonyl (C=O) groups excluding carboxylic acids is 1. The Balaban J connectivity index is 2.10. The maximum atomic E-state index is 11.7. The van der Waals surface area contributed by atoms with E-state index in [1.54, 1.807) is 4.68 Å². The molecule has 2 aromatic carbocycles. The van der Waals surface area contributed by atoms with E-state index in [4.69, 9.17) is 11.6 Å². The van der Waals surface area contributed by atoms with Crippen LogP contribution < -0.4 is 5.32 Å². The van der Waals surface area contributed by atoms with E-state index in [1.807, 2.05) is 36.4 Å². The summed E-state index contributed by atoms with van der Waals surface area (Å²) in [7, 11) is 0. The molecular weight excluding hydrogens is 322 g/mol. The van der Waals surface area contributed by atoms with Gasteiger partial charge in [-0.2, -0.15) is 5.10 Å². The third-order valence-corrected chi connectivity index (χ3v) is 3.86. The molecule has 1 heterocycles. The highest BCUT2D eigenvalue weighted by molar-refractivity contribution is 6.29. The van der Waals surface area contributed by atoms with Gasteiger partial charge in [-0.3, -0.25) is 4.79 Å². The van der Waals surface area contributed by atoms with Gasteiger partial charge in [-0.05, 0) is 38.1 Å². The minimum Gasteiger partial charge on any atom is -0.310 e. The molecule has 1 aromatic heterocycles. The highest BCUT2D eigenvalue weighted by Crippen LogP contribution is 2.26. The maximum absolute atomic E-state index is 11.7. The van der Waals surface area contributed by atoms with Gasteiger partial charge in [0.25, 0.3) is 0 Å². The predicted octanol–water partition coefficient (Wildman–Crippen LogP) is 4.33. The number of amides is 1. The van der Waals surface area contributed by atoms with Crippen molar-refractivity contribution in [3.05, 3.63) is 65.7 Å². The van der Waals surface area contributed by atoms with Gasteiger partial charge in [-0.25, -0.2) is 4.68 Å². The largest absolute Gasteiger partial charge is 0.310 e. The van der Waals surface area contributed by atoms with Crippen LogP contribution >= 0.6 is 11.6 Å². The Morgan fingerprint density at radius 3 is 2.38 bits per heavy atom. The zero-order chi connectivity index (χ0) is 17.1. The van der Waals surface area contributed by atoms with E-state index in [0.29, 0.717) is 5.82 Å². The summed E-state index contributed by atoms with van der Waals surface area (Å²) in [5.41, 5.74) is 5.04. The fourth-order valence-electron chi connectivity index (χ4n) is 2.68. The number of anilines is 1. The molecule has 3 aromatic rings. The first kappa shape index (κ1) is 16.3. The van der Waals surface area contributed by atoms with Gasteiger partial charge in [-0.15, -0.1) is 11.6 Å². The van der Waals surface area contributed by atoms with Crippen LogP contribution in [0.4, 0.5) is 5.82 Å². The number of para-hydroxylation sites is 1. The molecular formula is C19H18ClN3O. The van der Waals surface area contributed by atoms with Crippen LogP contribution in [0.15, 0.2) is 54.6 Å². The first-order chi connectivity index (χ1) is 11.6. The first-order valence-corrected chi connectivity index (χ1v) is 8.20. The van der Waals surface area contributed by atoms with Crippen LogP contribution in [-0.4, -0.2) is 21.6 Å². The number of benzene rings is 2. The van der Waals surface area contributed by atoms with Gasteiger partial charge < -0.3 is 5.32 Å². The lowest BCUT2D eigenvalue weighted by Gasteiger charge is -2.07. The van der Waals surface area contributed by atoms with E-state index in [9.17, 15) is 4.79 Å². The molecule has 1 amide bonds. The number of aromatic nitrogens is 2. The Morgan fingerprint density at radius 2 is 1.75 bits per heavy atom. The van der Waals surface area contributed by atoms with Gasteiger partial charge in [0, 0.05) is 11.6 Å². The molecule has 0 radical (unpaired) electrons. The summed E-state index contributed by atoms with van der Waals surface area (Å²) in [6, 6.07) is 17.8. The molecule has 24 heavy (non-hydrogen) atoms. The van der Waals surface area contributed by atoms with Crippen LogP contribution in [0.2, 0.25) is 0 Å². The SMILES string of the molecule is Cc1cc(C)cc(-c2cc(NC(=O)CCl)n(-c3ccccc3)n2)c1. The van der Waals surface area contributed by atoms with Gasteiger partial charge in [0.05, 0.1) is 11.4 Å². The van der Waals surface area contributed by atoms with Crippen LogP contribution in [0.1, 0.15) is 11.1 Å². The van der Waals surface area contributed by atoms with Crippen molar-refractivity contribution in [1.29, 1.82) is 0 Å². The number of hydrogen-bond acceptors (Lipinski definition) is 2. The molecule has 0 fully saturated rings. The Bertz CT molecular complexity index is 851. The number of alkyl halides is 1.